The molecule has 2 N–H and O–H groups in total. The average Bonchev–Trinajstić information content (AvgIpc) is 2.30. The van der Waals surface area contributed by atoms with Crippen LogP contribution in [0.3, 0.4) is 0 Å². The van der Waals surface area contributed by atoms with Gasteiger partial charge >= 0.3 is 0 Å². The van der Waals surface area contributed by atoms with Gasteiger partial charge in [0, 0.05) is 6.07 Å². The Balaban J connectivity index is 3.12. The number of nitrogens with two attached hydrogens (primary N) is 1. The Morgan fingerprint density at radius 1 is 1.06 bits per heavy atom. The van der Waals surface area contributed by atoms with E-state index < -0.39 is 0 Å². The molecule has 1 aromatic carbocycles. The number of hydrogen-bond donors (Lipinski definition) is 1. The van der Waals surface area contributed by atoms with Crippen LogP contribution in [0, 0.1) is 0 Å². The van der Waals surface area contributed by atoms with Crippen molar-refractivity contribution in [3.63, 3.8) is 0 Å². The lowest BCUT2D eigenvalue weighted by molar-refractivity contribution is 0.308. The SMILES string of the molecule is CCOc1cc(CCN)c(OC)cc1OC. The summed E-state index contributed by atoms with van der Waals surface area (Å²) in [5.41, 5.74) is 6.59. The van der Waals surface area contributed by atoms with E-state index in [-0.39, 0.29) is 0 Å². The maximum Gasteiger partial charge on any atom is 0.164 e. The van der Waals surface area contributed by atoms with Crippen molar-refractivity contribution in [2.75, 3.05) is 27.4 Å². The van der Waals surface area contributed by atoms with Gasteiger partial charge < -0.3 is 19.9 Å². The fraction of sp³-hybridized carbons (Fsp3) is 0.500. The molecule has 16 heavy (non-hydrogen) atoms. The Bertz CT molecular complexity index is 310. The summed E-state index contributed by atoms with van der Waals surface area (Å²) in [5.74, 6) is 2.19. The zero-order valence-electron chi connectivity index (χ0n) is 10.1. The molecule has 0 heterocycles. The smallest absolute Gasteiger partial charge is 0.164 e. The molecular formula is C12H19NO3. The third-order valence-corrected chi connectivity index (χ3v) is 2.28. The van der Waals surface area contributed by atoms with E-state index in [1.807, 2.05) is 19.1 Å². The maximum atomic E-state index is 5.55. The molecule has 0 bridgehead atoms. The average molecular weight is 225 g/mol. The highest BCUT2D eigenvalue weighted by molar-refractivity contribution is 5.50. The number of benzene rings is 1. The largest absolute Gasteiger partial charge is 0.496 e. The quantitative estimate of drug-likeness (QED) is 0.799. The first-order valence-electron chi connectivity index (χ1n) is 5.34. The Labute approximate surface area is 96.3 Å². The van der Waals surface area contributed by atoms with Crippen LogP contribution in [0.25, 0.3) is 0 Å². The molecule has 0 atom stereocenters. The van der Waals surface area contributed by atoms with Gasteiger partial charge in [-0.15, -0.1) is 0 Å². The van der Waals surface area contributed by atoms with Crippen molar-refractivity contribution in [3.8, 4) is 17.2 Å². The van der Waals surface area contributed by atoms with Crippen molar-refractivity contribution in [2.24, 2.45) is 5.73 Å². The number of ether oxygens (including phenoxy) is 3. The molecule has 90 valence electrons. The minimum Gasteiger partial charge on any atom is -0.496 e. The Morgan fingerprint density at radius 2 is 1.75 bits per heavy atom. The predicted octanol–water partition coefficient (Wildman–Crippen LogP) is 1.60. The monoisotopic (exact) mass is 225 g/mol. The molecule has 4 nitrogen and oxygen atoms in total. The molecule has 0 aromatic heterocycles. The van der Waals surface area contributed by atoms with E-state index in [1.54, 1.807) is 14.2 Å². The van der Waals surface area contributed by atoms with Gasteiger partial charge in [-0.2, -0.15) is 0 Å². The lowest BCUT2D eigenvalue weighted by Crippen LogP contribution is -2.05. The van der Waals surface area contributed by atoms with Crippen LogP contribution < -0.4 is 19.9 Å². The summed E-state index contributed by atoms with van der Waals surface area (Å²) in [5, 5.41) is 0. The van der Waals surface area contributed by atoms with Crippen LogP contribution in [-0.4, -0.2) is 27.4 Å². The lowest BCUT2D eigenvalue weighted by atomic mass is 10.1. The summed E-state index contributed by atoms with van der Waals surface area (Å²) >= 11 is 0. The van der Waals surface area contributed by atoms with Crippen LogP contribution in [0.1, 0.15) is 12.5 Å². The van der Waals surface area contributed by atoms with E-state index in [9.17, 15) is 0 Å². The third-order valence-electron chi connectivity index (χ3n) is 2.28. The third kappa shape index (κ3) is 2.79. The second kappa shape index (κ2) is 6.23. The van der Waals surface area contributed by atoms with Gasteiger partial charge in [0.15, 0.2) is 11.5 Å². The molecule has 0 fully saturated rings. The highest BCUT2D eigenvalue weighted by atomic mass is 16.5. The minimum atomic E-state index is 0.578. The zero-order chi connectivity index (χ0) is 12.0. The summed E-state index contributed by atoms with van der Waals surface area (Å²) in [6.07, 6.45) is 0.757. The molecule has 0 spiro atoms. The maximum absolute atomic E-state index is 5.55. The first kappa shape index (κ1) is 12.6. The standard InChI is InChI=1S/C12H19NO3/c1-4-16-12-7-9(5-6-13)10(14-2)8-11(12)15-3/h7-8H,4-6,13H2,1-3H3. The molecule has 0 radical (unpaired) electrons. The molecule has 0 unspecified atom stereocenters. The second-order valence-electron chi connectivity index (χ2n) is 3.29. The summed E-state index contributed by atoms with van der Waals surface area (Å²) < 4.78 is 16.0. The molecule has 0 aliphatic rings. The van der Waals surface area contributed by atoms with Crippen molar-refractivity contribution in [1.29, 1.82) is 0 Å². The van der Waals surface area contributed by atoms with Gasteiger partial charge in [0.25, 0.3) is 0 Å². The molecule has 0 amide bonds. The highest BCUT2D eigenvalue weighted by Crippen LogP contribution is 2.34. The van der Waals surface area contributed by atoms with Crippen molar-refractivity contribution in [3.05, 3.63) is 17.7 Å². The lowest BCUT2D eigenvalue weighted by Gasteiger charge is -2.14. The minimum absolute atomic E-state index is 0.578. The first-order valence-corrected chi connectivity index (χ1v) is 5.34. The van der Waals surface area contributed by atoms with Gasteiger partial charge in [-0.05, 0) is 31.5 Å². The molecule has 1 aromatic rings. The molecule has 0 saturated heterocycles. The molecule has 1 rings (SSSR count). The van der Waals surface area contributed by atoms with Crippen LogP contribution in [0.2, 0.25) is 0 Å². The summed E-state index contributed by atoms with van der Waals surface area (Å²) in [6.45, 7) is 3.12. The van der Waals surface area contributed by atoms with E-state index in [2.05, 4.69) is 0 Å². The van der Waals surface area contributed by atoms with Crippen LogP contribution in [-0.2, 0) is 6.42 Å². The zero-order valence-corrected chi connectivity index (χ0v) is 10.1. The summed E-state index contributed by atoms with van der Waals surface area (Å²) in [4.78, 5) is 0. The van der Waals surface area contributed by atoms with E-state index in [0.29, 0.717) is 18.9 Å². The first-order chi connectivity index (χ1) is 7.76. The van der Waals surface area contributed by atoms with Gasteiger partial charge in [-0.3, -0.25) is 0 Å². The number of methoxy groups -OCH3 is 2. The summed E-state index contributed by atoms with van der Waals surface area (Å²) in [6, 6.07) is 3.75. The van der Waals surface area contributed by atoms with Gasteiger partial charge in [0.1, 0.15) is 5.75 Å². The van der Waals surface area contributed by atoms with Crippen LogP contribution in [0.4, 0.5) is 0 Å². The van der Waals surface area contributed by atoms with Crippen molar-refractivity contribution in [1.82, 2.24) is 0 Å². The van der Waals surface area contributed by atoms with Crippen LogP contribution >= 0.6 is 0 Å². The van der Waals surface area contributed by atoms with Crippen LogP contribution in [0.5, 0.6) is 17.2 Å². The van der Waals surface area contributed by atoms with Crippen molar-refractivity contribution in [2.45, 2.75) is 13.3 Å². The molecule has 0 aliphatic carbocycles. The Morgan fingerprint density at radius 3 is 2.25 bits per heavy atom. The van der Waals surface area contributed by atoms with Gasteiger partial charge in [0.05, 0.1) is 20.8 Å². The predicted molar refractivity (Wildman–Crippen MR) is 63.5 cm³/mol. The van der Waals surface area contributed by atoms with E-state index >= 15 is 0 Å². The van der Waals surface area contributed by atoms with E-state index in [0.717, 1.165) is 23.5 Å². The Kier molecular flexibility index (Phi) is 4.92. The van der Waals surface area contributed by atoms with E-state index in [1.165, 1.54) is 0 Å². The molecular weight excluding hydrogens is 206 g/mol. The van der Waals surface area contributed by atoms with Crippen LogP contribution in [0.15, 0.2) is 12.1 Å². The number of rotatable bonds is 6. The molecule has 0 aliphatic heterocycles. The number of hydrogen-bond acceptors (Lipinski definition) is 4. The van der Waals surface area contributed by atoms with Gasteiger partial charge in [0.2, 0.25) is 0 Å². The molecule has 4 heteroatoms. The van der Waals surface area contributed by atoms with Crippen molar-refractivity contribution >= 4 is 0 Å². The second-order valence-corrected chi connectivity index (χ2v) is 3.29. The fourth-order valence-corrected chi connectivity index (χ4v) is 1.55. The van der Waals surface area contributed by atoms with E-state index in [4.69, 9.17) is 19.9 Å². The van der Waals surface area contributed by atoms with Gasteiger partial charge in [-0.1, -0.05) is 0 Å². The van der Waals surface area contributed by atoms with Crippen molar-refractivity contribution < 1.29 is 14.2 Å². The molecule has 0 saturated carbocycles. The van der Waals surface area contributed by atoms with Gasteiger partial charge in [-0.25, -0.2) is 0 Å². The normalized spacial score (nSPS) is 10.0. The summed E-state index contributed by atoms with van der Waals surface area (Å²) in [7, 11) is 3.25. The topological polar surface area (TPSA) is 53.7 Å². The highest BCUT2D eigenvalue weighted by Gasteiger charge is 2.11. The Hall–Kier alpha value is -1.42. The fourth-order valence-electron chi connectivity index (χ4n) is 1.55.